The maximum absolute atomic E-state index is 11.7. The molecule has 100 valence electrons. The number of aliphatic hydroxyl groups excluding tert-OH is 1. The molecule has 0 spiro atoms. The summed E-state index contributed by atoms with van der Waals surface area (Å²) in [6, 6.07) is 5.55. The molecule has 0 radical (unpaired) electrons. The summed E-state index contributed by atoms with van der Waals surface area (Å²) in [7, 11) is 0. The first-order chi connectivity index (χ1) is 8.52. The number of amides is 1. The summed E-state index contributed by atoms with van der Waals surface area (Å²) >= 11 is 1.51. The van der Waals surface area contributed by atoms with Gasteiger partial charge in [-0.25, -0.2) is 0 Å². The second-order valence-electron chi connectivity index (χ2n) is 4.44. The minimum Gasteiger partial charge on any atom is -0.397 e. The number of hydrogen-bond donors (Lipinski definition) is 3. The monoisotopic (exact) mass is 268 g/mol. The Balaban J connectivity index is 2.40. The summed E-state index contributed by atoms with van der Waals surface area (Å²) in [4.78, 5) is 11.7. The van der Waals surface area contributed by atoms with Crippen molar-refractivity contribution in [3.63, 3.8) is 0 Å². The fraction of sp³-hybridized carbons (Fsp3) is 0.462. The maximum Gasteiger partial charge on any atom is 0.234 e. The number of aliphatic hydroxyl groups is 1. The van der Waals surface area contributed by atoms with E-state index < -0.39 is 0 Å². The third-order valence-corrected chi connectivity index (χ3v) is 3.70. The summed E-state index contributed by atoms with van der Waals surface area (Å²) in [6.45, 7) is 4.05. The Kier molecular flexibility index (Phi) is 6.01. The van der Waals surface area contributed by atoms with Gasteiger partial charge in [0.25, 0.3) is 0 Å². The van der Waals surface area contributed by atoms with Crippen molar-refractivity contribution in [2.45, 2.75) is 13.8 Å². The Bertz CT molecular complexity index is 410. The summed E-state index contributed by atoms with van der Waals surface area (Å²) in [6.07, 6.45) is 0. The van der Waals surface area contributed by atoms with E-state index in [0.29, 0.717) is 17.1 Å². The second kappa shape index (κ2) is 7.28. The van der Waals surface area contributed by atoms with Crippen LogP contribution in [-0.2, 0) is 4.79 Å². The highest BCUT2D eigenvalue weighted by atomic mass is 32.2. The summed E-state index contributed by atoms with van der Waals surface area (Å²) in [5.74, 6) is 1.29. The van der Waals surface area contributed by atoms with E-state index in [1.165, 1.54) is 11.8 Å². The van der Waals surface area contributed by atoms with E-state index in [0.717, 1.165) is 11.3 Å². The van der Waals surface area contributed by atoms with E-state index in [9.17, 15) is 4.79 Å². The summed E-state index contributed by atoms with van der Waals surface area (Å²) < 4.78 is 0. The molecule has 1 aromatic rings. The molecule has 0 aliphatic rings. The Morgan fingerprint density at radius 1 is 1.56 bits per heavy atom. The number of thioether (sulfide) groups is 1. The molecule has 1 amide bonds. The van der Waals surface area contributed by atoms with E-state index in [1.807, 2.05) is 32.0 Å². The highest BCUT2D eigenvalue weighted by Crippen LogP contribution is 2.19. The van der Waals surface area contributed by atoms with E-state index in [4.69, 9.17) is 10.8 Å². The van der Waals surface area contributed by atoms with Gasteiger partial charge in [0.1, 0.15) is 0 Å². The quantitative estimate of drug-likeness (QED) is 0.689. The highest BCUT2D eigenvalue weighted by molar-refractivity contribution is 7.99. The van der Waals surface area contributed by atoms with Crippen molar-refractivity contribution in [2.75, 3.05) is 29.2 Å². The van der Waals surface area contributed by atoms with Crippen LogP contribution in [0, 0.1) is 12.8 Å². The van der Waals surface area contributed by atoms with Crippen LogP contribution in [0.15, 0.2) is 18.2 Å². The molecule has 0 saturated carbocycles. The third kappa shape index (κ3) is 4.98. The number of carbonyl (C=O) groups excluding carboxylic acids is 1. The van der Waals surface area contributed by atoms with Gasteiger partial charge < -0.3 is 16.2 Å². The lowest BCUT2D eigenvalue weighted by Gasteiger charge is -2.10. The molecule has 1 atom stereocenters. The number of carbonyl (C=O) groups is 1. The number of nitrogen functional groups attached to an aromatic ring is 1. The van der Waals surface area contributed by atoms with Gasteiger partial charge in [-0.05, 0) is 36.3 Å². The van der Waals surface area contributed by atoms with Crippen molar-refractivity contribution in [3.8, 4) is 0 Å². The van der Waals surface area contributed by atoms with E-state index >= 15 is 0 Å². The van der Waals surface area contributed by atoms with Crippen LogP contribution >= 0.6 is 11.8 Å². The van der Waals surface area contributed by atoms with Crippen LogP contribution in [0.2, 0.25) is 0 Å². The molecule has 18 heavy (non-hydrogen) atoms. The van der Waals surface area contributed by atoms with Gasteiger partial charge in [0.15, 0.2) is 0 Å². The zero-order valence-electron chi connectivity index (χ0n) is 10.8. The predicted octanol–water partition coefficient (Wildman–Crippen LogP) is 1.88. The first-order valence-corrected chi connectivity index (χ1v) is 7.03. The zero-order chi connectivity index (χ0) is 13.5. The molecule has 1 rings (SSSR count). The van der Waals surface area contributed by atoms with Gasteiger partial charge in [0.05, 0.1) is 17.1 Å². The van der Waals surface area contributed by atoms with Crippen molar-refractivity contribution in [3.05, 3.63) is 23.8 Å². The zero-order valence-corrected chi connectivity index (χ0v) is 11.6. The third-order valence-electron chi connectivity index (χ3n) is 2.43. The molecule has 0 saturated heterocycles. The fourth-order valence-corrected chi connectivity index (χ4v) is 2.27. The normalized spacial score (nSPS) is 12.2. The number of hydrogen-bond acceptors (Lipinski definition) is 4. The standard InChI is InChI=1S/C13H20N2O2S/c1-9-3-4-12(11(14)5-9)15-13(17)8-18-7-10(2)6-16/h3-5,10,16H,6-8,14H2,1-2H3,(H,15,17). The lowest BCUT2D eigenvalue weighted by atomic mass is 10.2. The number of aryl methyl sites for hydroxylation is 1. The Morgan fingerprint density at radius 3 is 2.89 bits per heavy atom. The van der Waals surface area contributed by atoms with Gasteiger partial charge in [0.2, 0.25) is 5.91 Å². The van der Waals surface area contributed by atoms with Crippen molar-refractivity contribution in [1.82, 2.24) is 0 Å². The molecule has 0 aliphatic heterocycles. The Labute approximate surface area is 112 Å². The largest absolute Gasteiger partial charge is 0.397 e. The van der Waals surface area contributed by atoms with E-state index in [1.54, 1.807) is 0 Å². The minimum absolute atomic E-state index is 0.0688. The number of rotatable bonds is 6. The molecule has 1 aromatic carbocycles. The molecule has 4 N–H and O–H groups in total. The Morgan fingerprint density at radius 2 is 2.28 bits per heavy atom. The molecule has 0 fully saturated rings. The highest BCUT2D eigenvalue weighted by Gasteiger charge is 2.07. The van der Waals surface area contributed by atoms with Crippen LogP contribution in [0.4, 0.5) is 11.4 Å². The van der Waals surface area contributed by atoms with Gasteiger partial charge in [-0.15, -0.1) is 0 Å². The fourth-order valence-electron chi connectivity index (χ4n) is 1.39. The summed E-state index contributed by atoms with van der Waals surface area (Å²) in [5, 5.41) is 11.6. The molecule has 0 heterocycles. The van der Waals surface area contributed by atoms with E-state index in [2.05, 4.69) is 5.32 Å². The van der Waals surface area contributed by atoms with Gasteiger partial charge in [0, 0.05) is 6.61 Å². The molecule has 0 bridgehead atoms. The van der Waals surface area contributed by atoms with Crippen molar-refractivity contribution >= 4 is 29.0 Å². The van der Waals surface area contributed by atoms with Gasteiger partial charge in [-0.1, -0.05) is 13.0 Å². The topological polar surface area (TPSA) is 75.3 Å². The van der Waals surface area contributed by atoms with Crippen LogP contribution in [0.25, 0.3) is 0 Å². The minimum atomic E-state index is -0.0688. The first-order valence-electron chi connectivity index (χ1n) is 5.87. The smallest absolute Gasteiger partial charge is 0.234 e. The molecule has 0 aliphatic carbocycles. The SMILES string of the molecule is Cc1ccc(NC(=O)CSCC(C)CO)c(N)c1. The van der Waals surface area contributed by atoms with E-state index in [-0.39, 0.29) is 18.4 Å². The van der Waals surface area contributed by atoms with Crippen LogP contribution in [-0.4, -0.2) is 29.1 Å². The molecular weight excluding hydrogens is 248 g/mol. The molecular formula is C13H20N2O2S. The lowest BCUT2D eigenvalue weighted by molar-refractivity contribution is -0.113. The first kappa shape index (κ1) is 14.9. The second-order valence-corrected chi connectivity index (χ2v) is 5.47. The Hall–Kier alpha value is -1.20. The van der Waals surface area contributed by atoms with Crippen LogP contribution in [0.5, 0.6) is 0 Å². The van der Waals surface area contributed by atoms with Crippen molar-refractivity contribution < 1.29 is 9.90 Å². The van der Waals surface area contributed by atoms with Crippen molar-refractivity contribution in [1.29, 1.82) is 0 Å². The number of anilines is 2. The average Bonchev–Trinajstić information content (AvgIpc) is 2.32. The van der Waals surface area contributed by atoms with Gasteiger partial charge in [-0.3, -0.25) is 4.79 Å². The molecule has 0 aromatic heterocycles. The van der Waals surface area contributed by atoms with Crippen LogP contribution in [0.1, 0.15) is 12.5 Å². The number of benzene rings is 1. The predicted molar refractivity (Wildman–Crippen MR) is 77.8 cm³/mol. The summed E-state index contributed by atoms with van der Waals surface area (Å²) in [5.41, 5.74) is 8.11. The average molecular weight is 268 g/mol. The number of nitrogens with one attached hydrogen (secondary N) is 1. The molecule has 1 unspecified atom stereocenters. The number of nitrogens with two attached hydrogens (primary N) is 1. The van der Waals surface area contributed by atoms with Gasteiger partial charge in [-0.2, -0.15) is 11.8 Å². The maximum atomic E-state index is 11.7. The van der Waals surface area contributed by atoms with Crippen LogP contribution in [0.3, 0.4) is 0 Å². The lowest BCUT2D eigenvalue weighted by Crippen LogP contribution is -2.16. The van der Waals surface area contributed by atoms with Crippen LogP contribution < -0.4 is 11.1 Å². The van der Waals surface area contributed by atoms with Gasteiger partial charge >= 0.3 is 0 Å². The molecule has 4 nitrogen and oxygen atoms in total. The van der Waals surface area contributed by atoms with Crippen molar-refractivity contribution in [2.24, 2.45) is 5.92 Å². The molecule has 5 heteroatoms.